The third-order valence-corrected chi connectivity index (χ3v) is 3.63. The molecule has 1 N–H and O–H groups in total. The molecule has 0 aliphatic heterocycles. The molecular formula is C18H19N5O2. The molecule has 0 fully saturated rings. The molecule has 7 heteroatoms. The van der Waals surface area contributed by atoms with Crippen molar-refractivity contribution in [2.75, 3.05) is 5.32 Å². The zero-order chi connectivity index (χ0) is 17.8. The van der Waals surface area contributed by atoms with Crippen LogP contribution in [-0.2, 0) is 4.79 Å². The number of rotatable bonds is 5. The number of carbonyl (C=O) groups is 1. The number of aryl methyl sites for hydroxylation is 2. The predicted octanol–water partition coefficient (Wildman–Crippen LogP) is 2.69. The topological polar surface area (TPSA) is 81.9 Å². The molecule has 0 aliphatic carbocycles. The van der Waals surface area contributed by atoms with E-state index in [1.807, 2.05) is 38.1 Å². The number of hydrogen-bond acceptors (Lipinski definition) is 5. The third kappa shape index (κ3) is 4.20. The second-order valence-electron chi connectivity index (χ2n) is 5.87. The van der Waals surface area contributed by atoms with Crippen molar-refractivity contribution < 1.29 is 9.53 Å². The van der Waals surface area contributed by atoms with Crippen molar-refractivity contribution in [3.63, 3.8) is 0 Å². The van der Waals surface area contributed by atoms with Gasteiger partial charge in [0.25, 0.3) is 5.91 Å². The highest BCUT2D eigenvalue weighted by Crippen LogP contribution is 2.18. The number of anilines is 1. The van der Waals surface area contributed by atoms with Crippen LogP contribution in [0.1, 0.15) is 18.1 Å². The molecule has 0 saturated heterocycles. The van der Waals surface area contributed by atoms with Crippen molar-refractivity contribution in [3.05, 3.63) is 59.9 Å². The van der Waals surface area contributed by atoms with Crippen molar-refractivity contribution in [3.8, 4) is 11.4 Å². The second kappa shape index (κ2) is 7.12. The average Bonchev–Trinajstić information content (AvgIpc) is 3.09. The lowest BCUT2D eigenvalue weighted by Crippen LogP contribution is -2.30. The Morgan fingerprint density at radius 1 is 1.12 bits per heavy atom. The van der Waals surface area contributed by atoms with Gasteiger partial charge < -0.3 is 10.1 Å². The predicted molar refractivity (Wildman–Crippen MR) is 93.8 cm³/mol. The average molecular weight is 337 g/mol. The molecule has 1 unspecified atom stereocenters. The van der Waals surface area contributed by atoms with Crippen LogP contribution in [0.2, 0.25) is 0 Å². The summed E-state index contributed by atoms with van der Waals surface area (Å²) in [7, 11) is 0. The zero-order valence-electron chi connectivity index (χ0n) is 14.3. The Balaban J connectivity index is 1.63. The first kappa shape index (κ1) is 16.6. The Bertz CT molecular complexity index is 839. The fraction of sp³-hybridized carbons (Fsp3) is 0.222. The Kier molecular flexibility index (Phi) is 4.74. The van der Waals surface area contributed by atoms with E-state index in [-0.39, 0.29) is 5.91 Å². The Morgan fingerprint density at radius 2 is 1.80 bits per heavy atom. The molecule has 1 aromatic heterocycles. The highest BCUT2D eigenvalue weighted by Gasteiger charge is 2.15. The number of nitrogens with zero attached hydrogens (tertiary/aromatic N) is 4. The first-order valence-electron chi connectivity index (χ1n) is 7.90. The van der Waals surface area contributed by atoms with Crippen molar-refractivity contribution in [1.29, 1.82) is 0 Å². The van der Waals surface area contributed by atoms with E-state index < -0.39 is 6.10 Å². The van der Waals surface area contributed by atoms with Crippen LogP contribution in [0.4, 0.5) is 5.69 Å². The molecule has 1 heterocycles. The molecular weight excluding hydrogens is 318 g/mol. The van der Waals surface area contributed by atoms with E-state index in [0.717, 1.165) is 16.8 Å². The lowest BCUT2D eigenvalue weighted by molar-refractivity contribution is -0.122. The lowest BCUT2D eigenvalue weighted by Gasteiger charge is -2.16. The minimum atomic E-state index is -0.611. The summed E-state index contributed by atoms with van der Waals surface area (Å²) in [5.41, 5.74) is 3.68. The van der Waals surface area contributed by atoms with Crippen LogP contribution < -0.4 is 10.1 Å². The molecule has 25 heavy (non-hydrogen) atoms. The van der Waals surface area contributed by atoms with Gasteiger partial charge in [-0.2, -0.15) is 0 Å². The number of tetrazole rings is 1. The van der Waals surface area contributed by atoms with Gasteiger partial charge in [0.1, 0.15) is 12.1 Å². The number of nitrogens with one attached hydrogen (secondary N) is 1. The van der Waals surface area contributed by atoms with E-state index >= 15 is 0 Å². The molecule has 7 nitrogen and oxygen atoms in total. The van der Waals surface area contributed by atoms with Gasteiger partial charge >= 0.3 is 0 Å². The highest BCUT2D eigenvalue weighted by molar-refractivity contribution is 5.94. The van der Waals surface area contributed by atoms with E-state index in [1.54, 1.807) is 19.1 Å². The van der Waals surface area contributed by atoms with Crippen molar-refractivity contribution >= 4 is 11.6 Å². The largest absolute Gasteiger partial charge is 0.481 e. The Hall–Kier alpha value is -3.22. The molecule has 3 aromatic rings. The maximum Gasteiger partial charge on any atom is 0.265 e. The first-order valence-corrected chi connectivity index (χ1v) is 7.90. The van der Waals surface area contributed by atoms with Gasteiger partial charge in [-0.3, -0.25) is 4.79 Å². The summed E-state index contributed by atoms with van der Waals surface area (Å²) >= 11 is 0. The van der Waals surface area contributed by atoms with Gasteiger partial charge in [0.15, 0.2) is 6.10 Å². The summed E-state index contributed by atoms with van der Waals surface area (Å²) in [6.45, 7) is 5.72. The van der Waals surface area contributed by atoms with Crippen molar-refractivity contribution in [2.45, 2.75) is 26.9 Å². The number of aromatic nitrogens is 4. The van der Waals surface area contributed by atoms with Gasteiger partial charge in [-0.25, -0.2) is 4.68 Å². The van der Waals surface area contributed by atoms with Gasteiger partial charge in [0, 0.05) is 5.69 Å². The number of carbonyl (C=O) groups excluding carboxylic acids is 1. The standard InChI is InChI=1S/C18H19N5O2/c1-12-8-13(2)10-17(9-12)25-14(3)18(24)20-15-4-6-16(7-5-15)23-11-19-21-22-23/h4-11,14H,1-3H3,(H,20,24). The fourth-order valence-electron chi connectivity index (χ4n) is 2.48. The monoisotopic (exact) mass is 337 g/mol. The van der Waals surface area contributed by atoms with Crippen LogP contribution >= 0.6 is 0 Å². The molecule has 128 valence electrons. The van der Waals surface area contributed by atoms with Crippen LogP contribution in [-0.4, -0.2) is 32.2 Å². The summed E-state index contributed by atoms with van der Waals surface area (Å²) < 4.78 is 7.29. The summed E-state index contributed by atoms with van der Waals surface area (Å²) in [5.74, 6) is 0.475. The lowest BCUT2D eigenvalue weighted by atomic mass is 10.1. The van der Waals surface area contributed by atoms with Crippen LogP contribution in [0.3, 0.4) is 0 Å². The summed E-state index contributed by atoms with van der Waals surface area (Å²) in [6.07, 6.45) is 0.897. The number of ether oxygens (including phenoxy) is 1. The van der Waals surface area contributed by atoms with E-state index in [9.17, 15) is 4.79 Å². The SMILES string of the molecule is Cc1cc(C)cc(OC(C)C(=O)Nc2ccc(-n3cnnn3)cc2)c1. The molecule has 0 radical (unpaired) electrons. The normalized spacial score (nSPS) is 11.8. The zero-order valence-corrected chi connectivity index (χ0v) is 14.3. The first-order chi connectivity index (χ1) is 12.0. The summed E-state index contributed by atoms with van der Waals surface area (Å²) in [4.78, 5) is 12.3. The molecule has 1 amide bonds. The van der Waals surface area contributed by atoms with Crippen LogP contribution in [0.25, 0.3) is 5.69 Å². The number of benzene rings is 2. The molecule has 0 bridgehead atoms. The van der Waals surface area contributed by atoms with Crippen LogP contribution in [0, 0.1) is 13.8 Å². The van der Waals surface area contributed by atoms with Gasteiger partial charge in [-0.1, -0.05) is 6.07 Å². The van der Waals surface area contributed by atoms with Crippen LogP contribution in [0.15, 0.2) is 48.8 Å². The maximum atomic E-state index is 12.3. The summed E-state index contributed by atoms with van der Waals surface area (Å²) in [6, 6.07) is 13.1. The third-order valence-electron chi connectivity index (χ3n) is 3.63. The highest BCUT2D eigenvalue weighted by atomic mass is 16.5. The van der Waals surface area contributed by atoms with Gasteiger partial charge in [-0.05, 0) is 78.7 Å². The Morgan fingerprint density at radius 3 is 2.40 bits per heavy atom. The molecule has 0 spiro atoms. The minimum absolute atomic E-state index is 0.214. The van der Waals surface area contributed by atoms with E-state index in [4.69, 9.17) is 4.74 Å². The maximum absolute atomic E-state index is 12.3. The van der Waals surface area contributed by atoms with Gasteiger partial charge in [-0.15, -0.1) is 5.10 Å². The smallest absolute Gasteiger partial charge is 0.265 e. The second-order valence-corrected chi connectivity index (χ2v) is 5.87. The van der Waals surface area contributed by atoms with Crippen molar-refractivity contribution in [1.82, 2.24) is 20.2 Å². The summed E-state index contributed by atoms with van der Waals surface area (Å²) in [5, 5.41) is 13.8. The van der Waals surface area contributed by atoms with E-state index in [1.165, 1.54) is 11.0 Å². The molecule has 1 atom stereocenters. The number of hydrogen-bond donors (Lipinski definition) is 1. The quantitative estimate of drug-likeness (QED) is 0.774. The van der Waals surface area contributed by atoms with E-state index in [0.29, 0.717) is 11.4 Å². The minimum Gasteiger partial charge on any atom is -0.481 e. The molecule has 3 rings (SSSR count). The van der Waals surface area contributed by atoms with Gasteiger partial charge in [0.2, 0.25) is 0 Å². The molecule has 0 saturated carbocycles. The van der Waals surface area contributed by atoms with Crippen LogP contribution in [0.5, 0.6) is 5.75 Å². The van der Waals surface area contributed by atoms with Crippen molar-refractivity contribution in [2.24, 2.45) is 0 Å². The molecule has 2 aromatic carbocycles. The Labute approximate surface area is 145 Å². The fourth-order valence-corrected chi connectivity index (χ4v) is 2.48. The number of amides is 1. The van der Waals surface area contributed by atoms with E-state index in [2.05, 4.69) is 26.9 Å². The molecule has 0 aliphatic rings. The van der Waals surface area contributed by atoms with Gasteiger partial charge in [0.05, 0.1) is 5.69 Å².